The van der Waals surface area contributed by atoms with Crippen LogP contribution in [0.3, 0.4) is 0 Å². The Kier molecular flexibility index (Phi) is 9.23. The molecule has 1 aromatic heterocycles. The number of likely N-dealkylation sites (N-methyl/N-ethyl adjacent to an activating group) is 1. The molecule has 3 aliphatic heterocycles. The Labute approximate surface area is 267 Å². The SMILES string of the molecule is CCN1CCN(C(=O)N[C@@H](C(=O)N(N=O)[C@@H]2C(=O)N3C(C(=O)O)=C(CSc4nnnn4C)CS[C@H]23)c2ccc(O)cc2)C(=O)C1=O. The van der Waals surface area contributed by atoms with Crippen LogP contribution in [0.25, 0.3) is 0 Å². The molecule has 2 aromatic rings. The van der Waals surface area contributed by atoms with Crippen LogP contribution in [0.2, 0.25) is 0 Å². The number of nitroso groups, excluding NO2 is 1. The smallest absolute Gasteiger partial charge is 0.352 e. The lowest BCUT2D eigenvalue weighted by atomic mass is 10.00. The van der Waals surface area contributed by atoms with Crippen LogP contribution in [-0.4, -0.2) is 128 Å². The first kappa shape index (κ1) is 32.3. The van der Waals surface area contributed by atoms with Crippen LogP contribution in [0.5, 0.6) is 5.75 Å². The Morgan fingerprint density at radius 2 is 1.89 bits per heavy atom. The van der Waals surface area contributed by atoms with Gasteiger partial charge in [0.2, 0.25) is 5.16 Å². The summed E-state index contributed by atoms with van der Waals surface area (Å²) in [7, 11) is 1.61. The molecular weight excluding hydrogens is 648 g/mol. The zero-order chi connectivity index (χ0) is 33.3. The van der Waals surface area contributed by atoms with E-state index in [-0.39, 0.29) is 48.1 Å². The summed E-state index contributed by atoms with van der Waals surface area (Å²) in [5.41, 5.74) is 0.144. The van der Waals surface area contributed by atoms with Gasteiger partial charge in [0.1, 0.15) is 22.9 Å². The van der Waals surface area contributed by atoms with E-state index in [4.69, 9.17) is 0 Å². The van der Waals surface area contributed by atoms with Gasteiger partial charge in [-0.15, -0.1) is 21.8 Å². The zero-order valence-electron chi connectivity index (χ0n) is 24.2. The molecule has 3 N–H and O–H groups in total. The average Bonchev–Trinajstić information content (AvgIpc) is 3.46. The summed E-state index contributed by atoms with van der Waals surface area (Å²) in [6, 6.07) is 0.636. The molecule has 0 spiro atoms. The van der Waals surface area contributed by atoms with Crippen LogP contribution in [0.15, 0.2) is 46.0 Å². The number of phenols is 1. The Morgan fingerprint density at radius 1 is 1.17 bits per heavy atom. The van der Waals surface area contributed by atoms with Crippen LogP contribution in [0.4, 0.5) is 4.79 Å². The first-order valence-electron chi connectivity index (χ1n) is 13.6. The minimum atomic E-state index is -1.70. The number of urea groups is 1. The molecule has 5 rings (SSSR count). The van der Waals surface area contributed by atoms with E-state index in [1.54, 1.807) is 14.0 Å². The number of phenolic OH excluding ortho intramolecular Hbond substituents is 1. The number of aromatic hydroxyl groups is 1. The molecule has 4 heterocycles. The molecule has 3 atom stereocenters. The van der Waals surface area contributed by atoms with Crippen molar-refractivity contribution < 1.29 is 39.0 Å². The predicted octanol–water partition coefficient (Wildman–Crippen LogP) is -0.718. The van der Waals surface area contributed by atoms with Gasteiger partial charge in [0.15, 0.2) is 6.04 Å². The van der Waals surface area contributed by atoms with Crippen LogP contribution >= 0.6 is 23.5 Å². The van der Waals surface area contributed by atoms with Gasteiger partial charge in [0.25, 0.3) is 11.8 Å². The fourth-order valence-electron chi connectivity index (χ4n) is 5.05. The average molecular weight is 675 g/mol. The number of carboxylic acid groups (broad SMARTS) is 1. The number of benzene rings is 1. The van der Waals surface area contributed by atoms with Crippen molar-refractivity contribution in [3.8, 4) is 5.75 Å². The molecule has 19 nitrogen and oxygen atoms in total. The number of carbonyl (C=O) groups is 6. The second-order valence-electron chi connectivity index (χ2n) is 10.1. The Hall–Kier alpha value is -5.05. The van der Waals surface area contributed by atoms with Gasteiger partial charge in [-0.1, -0.05) is 23.9 Å². The molecule has 2 saturated heterocycles. The topological polar surface area (TPSA) is 241 Å². The number of hydrogen-bond donors (Lipinski definition) is 3. The maximum Gasteiger partial charge on any atom is 0.352 e. The Morgan fingerprint density at radius 3 is 2.50 bits per heavy atom. The van der Waals surface area contributed by atoms with Crippen molar-refractivity contribution in [3.63, 3.8) is 0 Å². The van der Waals surface area contributed by atoms with Crippen molar-refractivity contribution in [2.24, 2.45) is 12.3 Å². The lowest BCUT2D eigenvalue weighted by Gasteiger charge is -2.50. The molecule has 0 radical (unpaired) electrons. The highest BCUT2D eigenvalue weighted by Gasteiger charge is 2.58. The van der Waals surface area contributed by atoms with Crippen LogP contribution in [0.1, 0.15) is 18.5 Å². The molecule has 46 heavy (non-hydrogen) atoms. The second kappa shape index (κ2) is 13.1. The van der Waals surface area contributed by atoms with Crippen LogP contribution < -0.4 is 5.32 Å². The number of thioether (sulfide) groups is 2. The van der Waals surface area contributed by atoms with E-state index in [1.807, 2.05) is 0 Å². The maximum absolute atomic E-state index is 13.9. The third-order valence-corrected chi connectivity index (χ3v) is 9.85. The number of carbonyl (C=O) groups excluding carboxylic acids is 5. The Bertz CT molecular complexity index is 1650. The number of hydrogen-bond acceptors (Lipinski definition) is 14. The van der Waals surface area contributed by atoms with Crippen molar-refractivity contribution in [1.29, 1.82) is 0 Å². The second-order valence-corrected chi connectivity index (χ2v) is 12.1. The molecular formula is C25H26N10O9S2. The maximum atomic E-state index is 13.9. The molecule has 1 aromatic carbocycles. The summed E-state index contributed by atoms with van der Waals surface area (Å²) in [4.78, 5) is 92.8. The standard InChI is InChI=1S/C25H26N10O9S2/c1-3-32-8-9-33(21(40)20(32)39)24(43)26-15(12-4-6-14(36)7-5-12)18(37)35(30-44)17-19(38)34-16(23(41)42)13(10-45-22(17)34)11-46-25-27-28-29-31(25)2/h4-7,15,17,22,36H,3,8-11H2,1-2H3,(H,26,43)(H,41,42)/t15-,17-,22-/m1/s1. The summed E-state index contributed by atoms with van der Waals surface area (Å²) < 4.78 is 1.40. The fourth-order valence-corrected chi connectivity index (χ4v) is 7.42. The number of piperazine rings is 1. The molecule has 0 bridgehead atoms. The van der Waals surface area contributed by atoms with E-state index in [0.29, 0.717) is 20.6 Å². The van der Waals surface area contributed by atoms with E-state index in [9.17, 15) is 43.9 Å². The van der Waals surface area contributed by atoms with Crippen molar-refractivity contribution in [2.45, 2.75) is 29.5 Å². The summed E-state index contributed by atoms with van der Waals surface area (Å²) in [5, 5.41) is 35.7. The van der Waals surface area contributed by atoms with Crippen LogP contribution in [0, 0.1) is 4.91 Å². The number of aryl methyl sites for hydroxylation is 1. The van der Waals surface area contributed by atoms with Gasteiger partial charge < -0.3 is 20.4 Å². The summed E-state index contributed by atoms with van der Waals surface area (Å²) >= 11 is 2.27. The van der Waals surface area contributed by atoms with E-state index < -0.39 is 53.1 Å². The van der Waals surface area contributed by atoms with E-state index in [1.165, 1.54) is 33.8 Å². The molecule has 0 aliphatic carbocycles. The number of tetrazole rings is 1. The summed E-state index contributed by atoms with van der Waals surface area (Å²) in [6.07, 6.45) is 0. The lowest BCUT2D eigenvalue weighted by Crippen LogP contribution is -2.71. The first-order chi connectivity index (χ1) is 22.0. The van der Waals surface area contributed by atoms with Gasteiger partial charge in [-0.2, -0.15) is 5.01 Å². The number of carboxylic acids is 1. The number of amides is 6. The van der Waals surface area contributed by atoms with Gasteiger partial charge in [-0.25, -0.2) is 14.3 Å². The van der Waals surface area contributed by atoms with Gasteiger partial charge in [-0.3, -0.25) is 29.0 Å². The first-order valence-corrected chi connectivity index (χ1v) is 15.6. The van der Waals surface area contributed by atoms with Crippen molar-refractivity contribution in [3.05, 3.63) is 46.0 Å². The number of β-lactam (4-membered cyclic amide) rings is 1. The summed E-state index contributed by atoms with van der Waals surface area (Å²) in [5.74, 6) is -5.39. The van der Waals surface area contributed by atoms with E-state index in [0.717, 1.165) is 28.4 Å². The number of nitrogens with one attached hydrogen (secondary N) is 1. The highest BCUT2D eigenvalue weighted by molar-refractivity contribution is 8.01. The molecule has 0 unspecified atom stereocenters. The third-order valence-electron chi connectivity index (χ3n) is 7.43. The van der Waals surface area contributed by atoms with E-state index >= 15 is 0 Å². The highest BCUT2D eigenvalue weighted by Crippen LogP contribution is 2.44. The molecule has 0 saturated carbocycles. The minimum absolute atomic E-state index is 0.0550. The number of nitrogens with zero attached hydrogens (tertiary/aromatic N) is 9. The number of rotatable bonds is 10. The summed E-state index contributed by atoms with van der Waals surface area (Å²) in [6.45, 7) is 1.82. The zero-order valence-corrected chi connectivity index (χ0v) is 25.8. The van der Waals surface area contributed by atoms with Crippen LogP contribution in [-0.2, 0) is 31.0 Å². The number of aromatic nitrogens is 4. The quantitative estimate of drug-likeness (QED) is 0.0927. The van der Waals surface area contributed by atoms with Gasteiger partial charge in [0, 0.05) is 38.2 Å². The fraction of sp³-hybridized carbons (Fsp3) is 0.400. The van der Waals surface area contributed by atoms with Gasteiger partial charge in [-0.05, 0) is 40.6 Å². The predicted molar refractivity (Wildman–Crippen MR) is 157 cm³/mol. The largest absolute Gasteiger partial charge is 0.508 e. The van der Waals surface area contributed by atoms with E-state index in [2.05, 4.69) is 26.1 Å². The normalized spacial score (nSPS) is 20.2. The van der Waals surface area contributed by atoms with Crippen molar-refractivity contribution in [1.82, 2.24) is 45.2 Å². The highest BCUT2D eigenvalue weighted by atomic mass is 32.2. The monoisotopic (exact) mass is 674 g/mol. The number of aliphatic carboxylic acids is 1. The minimum Gasteiger partial charge on any atom is -0.508 e. The number of fused-ring (bicyclic) bond motifs is 1. The van der Waals surface area contributed by atoms with Gasteiger partial charge >= 0.3 is 23.8 Å². The molecule has 2 fully saturated rings. The van der Waals surface area contributed by atoms with Crippen molar-refractivity contribution >= 4 is 59.2 Å². The molecule has 21 heteroatoms. The third kappa shape index (κ3) is 5.85. The lowest BCUT2D eigenvalue weighted by molar-refractivity contribution is -0.160. The molecule has 242 valence electrons. The number of imide groups is 1. The molecule has 6 amide bonds. The van der Waals surface area contributed by atoms with Gasteiger partial charge in [0.05, 0.1) is 5.29 Å². The Balaban J connectivity index is 1.38. The van der Waals surface area contributed by atoms with Crippen molar-refractivity contribution in [2.75, 3.05) is 31.1 Å². The molecule has 3 aliphatic rings.